The first kappa shape index (κ1) is 16.6. The summed E-state index contributed by atoms with van der Waals surface area (Å²) < 4.78 is 0. The number of aromatic nitrogens is 2. The van der Waals surface area contributed by atoms with Gasteiger partial charge in [0.2, 0.25) is 5.91 Å². The van der Waals surface area contributed by atoms with Gasteiger partial charge in [-0.25, -0.2) is 4.98 Å². The van der Waals surface area contributed by atoms with Crippen LogP contribution in [0.5, 0.6) is 0 Å². The molecule has 116 valence electrons. The largest absolute Gasteiger partial charge is 0.370 e. The van der Waals surface area contributed by atoms with Crippen LogP contribution < -0.4 is 22.1 Å². The fourth-order valence-electron chi connectivity index (χ4n) is 1.73. The molecule has 0 aliphatic heterocycles. The summed E-state index contributed by atoms with van der Waals surface area (Å²) in [4.78, 5) is 29.6. The van der Waals surface area contributed by atoms with E-state index in [1.165, 1.54) is 6.33 Å². The molecule has 9 heteroatoms. The Kier molecular flexibility index (Phi) is 6.88. The summed E-state index contributed by atoms with van der Waals surface area (Å²) >= 11 is 0. The topological polar surface area (TPSA) is 163 Å². The maximum atomic E-state index is 11.9. The van der Waals surface area contributed by atoms with Crippen molar-refractivity contribution >= 4 is 18.2 Å². The highest BCUT2D eigenvalue weighted by Crippen LogP contribution is 1.99. The number of hydrogen-bond donors (Lipinski definition) is 6. The third-order valence-electron chi connectivity index (χ3n) is 2.83. The first-order valence-corrected chi connectivity index (χ1v) is 6.59. The third-order valence-corrected chi connectivity index (χ3v) is 2.83. The molecule has 0 aliphatic rings. The van der Waals surface area contributed by atoms with Gasteiger partial charge in [-0.3, -0.25) is 10.2 Å². The van der Waals surface area contributed by atoms with Crippen molar-refractivity contribution in [1.29, 1.82) is 5.41 Å². The van der Waals surface area contributed by atoms with Crippen molar-refractivity contribution in [3.8, 4) is 0 Å². The van der Waals surface area contributed by atoms with Gasteiger partial charge >= 0.3 is 0 Å². The lowest BCUT2D eigenvalue weighted by molar-refractivity contribution is -0.125. The van der Waals surface area contributed by atoms with Crippen LogP contribution in [0, 0.1) is 5.41 Å². The van der Waals surface area contributed by atoms with Crippen LogP contribution in [0.4, 0.5) is 0 Å². The molecule has 0 saturated heterocycles. The maximum absolute atomic E-state index is 11.9. The summed E-state index contributed by atoms with van der Waals surface area (Å²) in [5, 5.41) is 12.2. The summed E-state index contributed by atoms with van der Waals surface area (Å²) in [6.07, 6.45) is 5.14. The van der Waals surface area contributed by atoms with Crippen LogP contribution in [0.2, 0.25) is 0 Å². The molecule has 0 unspecified atom stereocenters. The molecule has 0 saturated carbocycles. The third kappa shape index (κ3) is 6.52. The minimum atomic E-state index is -0.706. The van der Waals surface area contributed by atoms with E-state index in [1.54, 1.807) is 6.20 Å². The Bertz CT molecular complexity index is 460. The van der Waals surface area contributed by atoms with Gasteiger partial charge in [-0.1, -0.05) is 0 Å². The van der Waals surface area contributed by atoms with Crippen LogP contribution in [0.1, 0.15) is 18.5 Å². The number of nitrogens with one attached hydrogen (secondary N) is 4. The fourth-order valence-corrected chi connectivity index (χ4v) is 1.73. The van der Waals surface area contributed by atoms with Crippen LogP contribution in [-0.4, -0.2) is 46.7 Å². The molecule has 0 spiro atoms. The number of aromatic amines is 1. The number of hydrogen-bond acceptors (Lipinski definition) is 5. The van der Waals surface area contributed by atoms with Gasteiger partial charge in [0, 0.05) is 24.9 Å². The highest BCUT2D eigenvalue weighted by molar-refractivity contribution is 5.84. The summed E-state index contributed by atoms with van der Waals surface area (Å²) in [6, 6.07) is -1.35. The van der Waals surface area contributed by atoms with E-state index in [2.05, 4.69) is 20.6 Å². The van der Waals surface area contributed by atoms with Crippen molar-refractivity contribution in [3.63, 3.8) is 0 Å². The predicted molar refractivity (Wildman–Crippen MR) is 77.4 cm³/mol. The van der Waals surface area contributed by atoms with E-state index in [9.17, 15) is 9.59 Å². The van der Waals surface area contributed by atoms with E-state index in [0.29, 0.717) is 32.1 Å². The average Bonchev–Trinajstić information content (AvgIpc) is 2.95. The second-order valence-electron chi connectivity index (χ2n) is 4.62. The molecule has 9 nitrogen and oxygen atoms in total. The van der Waals surface area contributed by atoms with E-state index >= 15 is 0 Å². The summed E-state index contributed by atoms with van der Waals surface area (Å²) in [5.74, 6) is -0.497. The van der Waals surface area contributed by atoms with Crippen LogP contribution in [-0.2, 0) is 16.0 Å². The lowest BCUT2D eigenvalue weighted by Gasteiger charge is -2.16. The number of carbonyl (C=O) groups is 2. The van der Waals surface area contributed by atoms with Crippen LogP contribution >= 0.6 is 0 Å². The Hall–Kier alpha value is -2.42. The normalized spacial score (nSPS) is 13.2. The van der Waals surface area contributed by atoms with Gasteiger partial charge in [0.1, 0.15) is 6.29 Å². The number of carbonyl (C=O) groups excluding carboxylic acids is 2. The number of nitrogens with two attached hydrogens (primary N) is 2. The average molecular weight is 295 g/mol. The molecule has 1 heterocycles. The van der Waals surface area contributed by atoms with Crippen LogP contribution in [0.25, 0.3) is 0 Å². The molecule has 0 radical (unpaired) electrons. The van der Waals surface area contributed by atoms with Crippen LogP contribution in [0.15, 0.2) is 12.5 Å². The van der Waals surface area contributed by atoms with E-state index < -0.39 is 12.1 Å². The van der Waals surface area contributed by atoms with E-state index in [-0.39, 0.29) is 11.9 Å². The number of amides is 1. The zero-order valence-corrected chi connectivity index (χ0v) is 11.6. The predicted octanol–water partition coefficient (Wildman–Crippen LogP) is -1.77. The molecule has 0 aliphatic carbocycles. The summed E-state index contributed by atoms with van der Waals surface area (Å²) in [5.41, 5.74) is 11.6. The Labute approximate surface area is 122 Å². The van der Waals surface area contributed by atoms with Gasteiger partial charge < -0.3 is 31.9 Å². The molecule has 0 aromatic carbocycles. The van der Waals surface area contributed by atoms with Gasteiger partial charge in [-0.2, -0.15) is 0 Å². The Balaban J connectivity index is 2.32. The van der Waals surface area contributed by atoms with Crippen molar-refractivity contribution < 1.29 is 9.59 Å². The molecular formula is C12H21N7O2. The first-order chi connectivity index (χ1) is 10.0. The van der Waals surface area contributed by atoms with E-state index in [0.717, 1.165) is 5.69 Å². The highest BCUT2D eigenvalue weighted by atomic mass is 16.2. The molecule has 1 aromatic rings. The molecule has 1 rings (SSSR count). The van der Waals surface area contributed by atoms with Gasteiger partial charge in [0.25, 0.3) is 0 Å². The minimum absolute atomic E-state index is 0.117. The van der Waals surface area contributed by atoms with Crippen molar-refractivity contribution in [1.82, 2.24) is 20.6 Å². The van der Waals surface area contributed by atoms with Crippen molar-refractivity contribution in [3.05, 3.63) is 18.2 Å². The lowest BCUT2D eigenvalue weighted by Crippen LogP contribution is -2.47. The zero-order valence-electron chi connectivity index (χ0n) is 11.6. The van der Waals surface area contributed by atoms with E-state index in [1.807, 2.05) is 0 Å². The van der Waals surface area contributed by atoms with Gasteiger partial charge in [0.05, 0.1) is 18.4 Å². The summed E-state index contributed by atoms with van der Waals surface area (Å²) in [7, 11) is 0. The summed E-state index contributed by atoms with van der Waals surface area (Å²) in [6.45, 7) is 0.474. The Morgan fingerprint density at radius 3 is 2.90 bits per heavy atom. The monoisotopic (exact) mass is 295 g/mol. The second kappa shape index (κ2) is 8.69. The number of nitrogens with zero attached hydrogens (tertiary/aromatic N) is 1. The lowest BCUT2D eigenvalue weighted by atomic mass is 10.1. The van der Waals surface area contributed by atoms with Crippen molar-refractivity contribution in [2.75, 3.05) is 6.54 Å². The Morgan fingerprint density at radius 1 is 1.57 bits per heavy atom. The van der Waals surface area contributed by atoms with Gasteiger partial charge in [-0.15, -0.1) is 0 Å². The number of rotatable bonds is 9. The molecule has 2 atom stereocenters. The Morgan fingerprint density at radius 2 is 2.33 bits per heavy atom. The molecule has 1 aromatic heterocycles. The maximum Gasteiger partial charge on any atom is 0.237 e. The van der Waals surface area contributed by atoms with Crippen molar-refractivity contribution in [2.45, 2.75) is 31.3 Å². The van der Waals surface area contributed by atoms with Gasteiger partial charge in [0.15, 0.2) is 5.96 Å². The van der Waals surface area contributed by atoms with E-state index in [4.69, 9.17) is 16.9 Å². The number of imidazole rings is 1. The molecule has 0 bridgehead atoms. The molecule has 21 heavy (non-hydrogen) atoms. The fraction of sp³-hybridized carbons (Fsp3) is 0.500. The molecular weight excluding hydrogens is 274 g/mol. The molecule has 1 amide bonds. The standard InChI is InChI=1S/C12H21N7O2/c13-10(2-1-3-17-12(14)15)11(21)19-9(6-20)4-8-5-16-7-18-8/h5-7,9-10H,1-4,13H2,(H,16,18)(H,19,21)(H4,14,15,17)/t9-,10-/m0/s1. The number of guanidine groups is 1. The molecule has 0 fully saturated rings. The SMILES string of the molecule is N=C(N)NCCC[C@H](N)C(=O)N[C@H](C=O)Cc1cnc[nH]1. The quantitative estimate of drug-likeness (QED) is 0.137. The number of aldehydes is 1. The second-order valence-corrected chi connectivity index (χ2v) is 4.62. The minimum Gasteiger partial charge on any atom is -0.370 e. The van der Waals surface area contributed by atoms with Gasteiger partial charge in [-0.05, 0) is 12.8 Å². The smallest absolute Gasteiger partial charge is 0.237 e. The highest BCUT2D eigenvalue weighted by Gasteiger charge is 2.18. The zero-order chi connectivity index (χ0) is 15.7. The van der Waals surface area contributed by atoms with Crippen LogP contribution in [0.3, 0.4) is 0 Å². The molecule has 8 N–H and O–H groups in total. The van der Waals surface area contributed by atoms with Crippen molar-refractivity contribution in [2.24, 2.45) is 11.5 Å². The number of H-pyrrole nitrogens is 1. The first-order valence-electron chi connectivity index (χ1n) is 6.59.